The molecule has 3 aromatic rings. The average molecular weight is 416 g/mol. The molecule has 0 aliphatic carbocycles. The number of hydrogen-bond acceptors (Lipinski definition) is 4. The van der Waals surface area contributed by atoms with Gasteiger partial charge in [0.25, 0.3) is 11.8 Å². The van der Waals surface area contributed by atoms with Crippen LogP contribution in [0.1, 0.15) is 20.7 Å². The summed E-state index contributed by atoms with van der Waals surface area (Å²) in [6, 6.07) is 12.9. The van der Waals surface area contributed by atoms with Crippen molar-refractivity contribution in [1.82, 2.24) is 4.98 Å². The van der Waals surface area contributed by atoms with Gasteiger partial charge in [0.1, 0.15) is 0 Å². The summed E-state index contributed by atoms with van der Waals surface area (Å²) >= 11 is 12.2. The number of methoxy groups -OCH3 is 1. The van der Waals surface area contributed by atoms with Crippen molar-refractivity contribution in [2.75, 3.05) is 17.7 Å². The smallest absolute Gasteiger partial charge is 0.255 e. The Kier molecular flexibility index (Phi) is 6.13. The zero-order valence-corrected chi connectivity index (χ0v) is 16.2. The first-order chi connectivity index (χ1) is 13.5. The molecule has 1 heterocycles. The monoisotopic (exact) mass is 415 g/mol. The largest absolute Gasteiger partial charge is 0.494 e. The molecule has 2 N–H and O–H groups in total. The van der Waals surface area contributed by atoms with Gasteiger partial charge in [0.05, 0.1) is 17.2 Å². The molecule has 0 aliphatic rings. The number of rotatable bonds is 5. The highest BCUT2D eigenvalue weighted by atomic mass is 35.5. The van der Waals surface area contributed by atoms with Gasteiger partial charge in [0, 0.05) is 34.9 Å². The fourth-order valence-electron chi connectivity index (χ4n) is 2.47. The Labute approximate surface area is 171 Å². The van der Waals surface area contributed by atoms with Crippen molar-refractivity contribution in [2.24, 2.45) is 0 Å². The van der Waals surface area contributed by atoms with E-state index in [2.05, 4.69) is 15.6 Å². The topological polar surface area (TPSA) is 80.3 Å². The van der Waals surface area contributed by atoms with Crippen molar-refractivity contribution in [3.05, 3.63) is 82.1 Å². The van der Waals surface area contributed by atoms with Crippen molar-refractivity contribution >= 4 is 46.4 Å². The molecule has 0 unspecified atom stereocenters. The Morgan fingerprint density at radius 2 is 1.39 bits per heavy atom. The van der Waals surface area contributed by atoms with Crippen LogP contribution >= 0.6 is 23.2 Å². The Morgan fingerprint density at radius 1 is 0.857 bits per heavy atom. The molecule has 0 saturated heterocycles. The van der Waals surface area contributed by atoms with Gasteiger partial charge >= 0.3 is 0 Å². The van der Waals surface area contributed by atoms with E-state index in [0.29, 0.717) is 22.7 Å². The lowest BCUT2D eigenvalue weighted by molar-refractivity contribution is 0.101. The minimum atomic E-state index is -0.399. The number of ether oxygens (including phenoxy) is 1. The maximum absolute atomic E-state index is 12.5. The lowest BCUT2D eigenvalue weighted by Crippen LogP contribution is -2.14. The van der Waals surface area contributed by atoms with Crippen LogP contribution in [0.15, 0.2) is 60.9 Å². The van der Waals surface area contributed by atoms with Crippen molar-refractivity contribution in [3.63, 3.8) is 0 Å². The summed E-state index contributed by atoms with van der Waals surface area (Å²) in [7, 11) is 1.44. The highest BCUT2D eigenvalue weighted by Gasteiger charge is 2.14. The number of benzene rings is 2. The second kappa shape index (κ2) is 8.73. The molecule has 28 heavy (non-hydrogen) atoms. The van der Waals surface area contributed by atoms with Crippen LogP contribution in [0, 0.1) is 0 Å². The van der Waals surface area contributed by atoms with Gasteiger partial charge in [0.15, 0.2) is 5.75 Å². The number of hydrogen-bond donors (Lipinski definition) is 2. The minimum Gasteiger partial charge on any atom is -0.494 e. The van der Waals surface area contributed by atoms with Crippen LogP contribution in [0.3, 0.4) is 0 Å². The summed E-state index contributed by atoms with van der Waals surface area (Å²) in [6.07, 6.45) is 3.08. The van der Waals surface area contributed by atoms with Crippen LogP contribution < -0.4 is 15.4 Å². The quantitative estimate of drug-likeness (QED) is 0.620. The Morgan fingerprint density at radius 3 is 1.93 bits per heavy atom. The SMILES string of the molecule is COc1c(Cl)cc(C(=O)Nc2cccc(NC(=O)c3ccncc3)c2)cc1Cl. The van der Waals surface area contributed by atoms with Crippen molar-refractivity contribution in [1.29, 1.82) is 0 Å². The summed E-state index contributed by atoms with van der Waals surface area (Å²) in [5.41, 5.74) is 1.79. The molecule has 6 nitrogen and oxygen atoms in total. The van der Waals surface area contributed by atoms with Crippen molar-refractivity contribution < 1.29 is 14.3 Å². The van der Waals surface area contributed by atoms with Crippen LogP contribution in [0.25, 0.3) is 0 Å². The normalized spacial score (nSPS) is 10.2. The molecule has 8 heteroatoms. The maximum Gasteiger partial charge on any atom is 0.255 e. The second-order valence-corrected chi connectivity index (χ2v) is 6.51. The lowest BCUT2D eigenvalue weighted by atomic mass is 10.2. The van der Waals surface area contributed by atoms with Gasteiger partial charge in [-0.2, -0.15) is 0 Å². The van der Waals surface area contributed by atoms with Gasteiger partial charge in [-0.3, -0.25) is 14.6 Å². The summed E-state index contributed by atoms with van der Waals surface area (Å²) in [5, 5.41) is 5.98. The number of pyridine rings is 1. The molecule has 1 aromatic heterocycles. The lowest BCUT2D eigenvalue weighted by Gasteiger charge is -2.11. The molecule has 2 amide bonds. The first-order valence-electron chi connectivity index (χ1n) is 8.14. The van der Waals surface area contributed by atoms with Gasteiger partial charge in [-0.25, -0.2) is 0 Å². The number of amides is 2. The first kappa shape index (κ1) is 19.7. The number of aromatic nitrogens is 1. The van der Waals surface area contributed by atoms with Crippen LogP contribution in [0.4, 0.5) is 11.4 Å². The van der Waals surface area contributed by atoms with Gasteiger partial charge in [0.2, 0.25) is 0 Å². The third-order valence-electron chi connectivity index (χ3n) is 3.79. The van der Waals surface area contributed by atoms with Crippen LogP contribution in [-0.2, 0) is 0 Å². The predicted molar refractivity (Wildman–Crippen MR) is 110 cm³/mol. The van der Waals surface area contributed by atoms with Gasteiger partial charge < -0.3 is 15.4 Å². The van der Waals surface area contributed by atoms with Gasteiger partial charge in [-0.1, -0.05) is 29.3 Å². The van der Waals surface area contributed by atoms with Crippen molar-refractivity contribution in [3.8, 4) is 5.75 Å². The summed E-state index contributed by atoms with van der Waals surface area (Å²) in [6.45, 7) is 0. The van der Waals surface area contributed by atoms with Crippen LogP contribution in [0.5, 0.6) is 5.75 Å². The van der Waals surface area contributed by atoms with Crippen LogP contribution in [-0.4, -0.2) is 23.9 Å². The van der Waals surface area contributed by atoms with E-state index >= 15 is 0 Å². The van der Waals surface area contributed by atoms with E-state index in [1.165, 1.54) is 31.6 Å². The van der Waals surface area contributed by atoms with E-state index in [-0.39, 0.29) is 21.5 Å². The third-order valence-corrected chi connectivity index (χ3v) is 4.35. The molecule has 0 spiro atoms. The summed E-state index contributed by atoms with van der Waals surface area (Å²) in [4.78, 5) is 28.6. The highest BCUT2D eigenvalue weighted by molar-refractivity contribution is 6.37. The summed E-state index contributed by atoms with van der Waals surface area (Å²) in [5.74, 6) is -0.371. The van der Waals surface area contributed by atoms with E-state index in [0.717, 1.165) is 0 Å². The van der Waals surface area contributed by atoms with Gasteiger partial charge in [-0.05, 0) is 42.5 Å². The second-order valence-electron chi connectivity index (χ2n) is 5.70. The van der Waals surface area contributed by atoms with E-state index < -0.39 is 5.91 Å². The van der Waals surface area contributed by atoms with E-state index in [1.807, 2.05) is 0 Å². The van der Waals surface area contributed by atoms with E-state index in [9.17, 15) is 9.59 Å². The fourth-order valence-corrected chi connectivity index (χ4v) is 3.11. The van der Waals surface area contributed by atoms with E-state index in [1.54, 1.807) is 36.4 Å². The number of anilines is 2. The number of nitrogens with zero attached hydrogens (tertiary/aromatic N) is 1. The molecule has 0 fully saturated rings. The molecule has 142 valence electrons. The van der Waals surface area contributed by atoms with Crippen molar-refractivity contribution in [2.45, 2.75) is 0 Å². The number of nitrogens with one attached hydrogen (secondary N) is 2. The first-order valence-corrected chi connectivity index (χ1v) is 8.89. The number of carbonyl (C=O) groups is 2. The number of halogens is 2. The predicted octanol–water partition coefficient (Wildman–Crippen LogP) is 4.90. The summed E-state index contributed by atoms with van der Waals surface area (Å²) < 4.78 is 5.08. The molecule has 0 radical (unpaired) electrons. The molecular weight excluding hydrogens is 401 g/mol. The zero-order valence-electron chi connectivity index (χ0n) is 14.7. The molecular formula is C20H15Cl2N3O3. The number of carbonyl (C=O) groups excluding carboxylic acids is 2. The molecule has 3 rings (SSSR count). The molecule has 0 aliphatic heterocycles. The molecule has 0 atom stereocenters. The van der Waals surface area contributed by atoms with E-state index in [4.69, 9.17) is 27.9 Å². The highest BCUT2D eigenvalue weighted by Crippen LogP contribution is 2.34. The Balaban J connectivity index is 1.74. The Bertz CT molecular complexity index is 1000. The average Bonchev–Trinajstić information content (AvgIpc) is 2.68. The molecule has 2 aromatic carbocycles. The minimum absolute atomic E-state index is 0.235. The Hall–Kier alpha value is -3.09. The maximum atomic E-state index is 12.5. The zero-order chi connectivity index (χ0) is 20.1. The third kappa shape index (κ3) is 4.60. The fraction of sp³-hybridized carbons (Fsp3) is 0.0500. The van der Waals surface area contributed by atoms with Crippen LogP contribution in [0.2, 0.25) is 10.0 Å². The molecule has 0 bridgehead atoms. The molecule has 0 saturated carbocycles. The van der Waals surface area contributed by atoms with Gasteiger partial charge in [-0.15, -0.1) is 0 Å². The standard InChI is InChI=1S/C20H15Cl2N3O3/c1-28-18-16(21)9-13(10-17(18)22)20(27)25-15-4-2-3-14(11-15)24-19(26)12-5-7-23-8-6-12/h2-11H,1H3,(H,24,26)(H,25,27).